The van der Waals surface area contributed by atoms with Crippen molar-refractivity contribution in [3.8, 4) is 5.75 Å². The van der Waals surface area contributed by atoms with Gasteiger partial charge in [-0.2, -0.15) is 0 Å². The molecule has 1 aromatic carbocycles. The van der Waals surface area contributed by atoms with Crippen LogP contribution in [0.1, 0.15) is 19.3 Å². The van der Waals surface area contributed by atoms with Crippen LogP contribution in [0.2, 0.25) is 0 Å². The van der Waals surface area contributed by atoms with Crippen LogP contribution in [0.3, 0.4) is 0 Å². The zero-order valence-corrected chi connectivity index (χ0v) is 15.1. The molecule has 0 aromatic heterocycles. The van der Waals surface area contributed by atoms with Crippen LogP contribution in [-0.2, 0) is 9.53 Å². The second-order valence-corrected chi connectivity index (χ2v) is 6.66. The molecule has 2 fully saturated rings. The summed E-state index contributed by atoms with van der Waals surface area (Å²) in [5, 5.41) is 3.35. The first-order valence-electron chi connectivity index (χ1n) is 9.25. The standard InChI is InChI=1S/C19H29N3O3/c1-24-17-6-4-16(5-7-17)21-10-12-22(13-11-21)19(23)8-9-20-15-18-3-2-14-25-18/h4-7,18,20H,2-3,8-15H2,1H3. The van der Waals surface area contributed by atoms with E-state index in [4.69, 9.17) is 9.47 Å². The fourth-order valence-electron chi connectivity index (χ4n) is 3.43. The van der Waals surface area contributed by atoms with E-state index in [9.17, 15) is 4.79 Å². The summed E-state index contributed by atoms with van der Waals surface area (Å²) in [7, 11) is 1.68. The quantitative estimate of drug-likeness (QED) is 0.758. The van der Waals surface area contributed by atoms with Gasteiger partial charge in [-0.05, 0) is 37.1 Å². The third-order valence-electron chi connectivity index (χ3n) is 4.98. The maximum absolute atomic E-state index is 12.3. The van der Waals surface area contributed by atoms with Crippen molar-refractivity contribution in [2.45, 2.75) is 25.4 Å². The molecule has 0 radical (unpaired) electrons. The van der Waals surface area contributed by atoms with E-state index < -0.39 is 0 Å². The Labute approximate surface area is 150 Å². The third kappa shape index (κ3) is 5.09. The van der Waals surface area contributed by atoms with Crippen molar-refractivity contribution in [3.63, 3.8) is 0 Å². The Morgan fingerprint density at radius 3 is 2.64 bits per heavy atom. The normalized spacial score (nSPS) is 20.8. The van der Waals surface area contributed by atoms with Gasteiger partial charge in [0.25, 0.3) is 0 Å². The summed E-state index contributed by atoms with van der Waals surface area (Å²) in [6, 6.07) is 8.11. The molecule has 2 saturated heterocycles. The van der Waals surface area contributed by atoms with E-state index in [2.05, 4.69) is 22.3 Å². The number of carbonyl (C=O) groups is 1. The molecule has 1 aromatic rings. The van der Waals surface area contributed by atoms with Crippen LogP contribution >= 0.6 is 0 Å². The van der Waals surface area contributed by atoms with E-state index in [1.54, 1.807) is 7.11 Å². The van der Waals surface area contributed by atoms with Crippen LogP contribution < -0.4 is 15.0 Å². The van der Waals surface area contributed by atoms with E-state index in [-0.39, 0.29) is 5.91 Å². The highest BCUT2D eigenvalue weighted by atomic mass is 16.5. The molecule has 138 valence electrons. The molecular formula is C19H29N3O3. The zero-order valence-electron chi connectivity index (χ0n) is 15.1. The lowest BCUT2D eigenvalue weighted by Crippen LogP contribution is -2.49. The second kappa shape index (κ2) is 9.06. The summed E-state index contributed by atoms with van der Waals surface area (Å²) in [5.41, 5.74) is 1.19. The molecular weight excluding hydrogens is 318 g/mol. The highest BCUT2D eigenvalue weighted by Gasteiger charge is 2.21. The van der Waals surface area contributed by atoms with Gasteiger partial charge in [0.1, 0.15) is 5.75 Å². The fraction of sp³-hybridized carbons (Fsp3) is 0.632. The Balaban J connectivity index is 1.35. The molecule has 0 spiro atoms. The number of carbonyl (C=O) groups excluding carboxylic acids is 1. The van der Waals surface area contributed by atoms with Crippen molar-refractivity contribution in [2.24, 2.45) is 0 Å². The fourth-order valence-corrected chi connectivity index (χ4v) is 3.43. The first kappa shape index (κ1) is 18.0. The van der Waals surface area contributed by atoms with Gasteiger partial charge >= 0.3 is 0 Å². The van der Waals surface area contributed by atoms with Gasteiger partial charge in [0.2, 0.25) is 5.91 Å². The number of hydrogen-bond acceptors (Lipinski definition) is 5. The summed E-state index contributed by atoms with van der Waals surface area (Å²) < 4.78 is 10.8. The lowest BCUT2D eigenvalue weighted by molar-refractivity contribution is -0.131. The number of amides is 1. The van der Waals surface area contributed by atoms with E-state index in [1.807, 2.05) is 17.0 Å². The molecule has 0 bridgehead atoms. The van der Waals surface area contributed by atoms with Crippen LogP contribution in [0.5, 0.6) is 5.75 Å². The number of methoxy groups -OCH3 is 1. The number of benzene rings is 1. The van der Waals surface area contributed by atoms with Crippen molar-refractivity contribution in [1.29, 1.82) is 0 Å². The maximum Gasteiger partial charge on any atom is 0.223 e. The van der Waals surface area contributed by atoms with Crippen LogP contribution in [0.25, 0.3) is 0 Å². The van der Waals surface area contributed by atoms with E-state index in [0.717, 1.165) is 64.5 Å². The smallest absolute Gasteiger partial charge is 0.223 e. The van der Waals surface area contributed by atoms with Crippen molar-refractivity contribution >= 4 is 11.6 Å². The molecule has 25 heavy (non-hydrogen) atoms. The number of nitrogens with zero attached hydrogens (tertiary/aromatic N) is 2. The number of hydrogen-bond donors (Lipinski definition) is 1. The summed E-state index contributed by atoms with van der Waals surface area (Å²) >= 11 is 0. The van der Waals surface area contributed by atoms with Gasteiger partial charge in [0.15, 0.2) is 0 Å². The molecule has 2 heterocycles. The molecule has 1 amide bonds. The van der Waals surface area contributed by atoms with Gasteiger partial charge in [-0.15, -0.1) is 0 Å². The largest absolute Gasteiger partial charge is 0.497 e. The Morgan fingerprint density at radius 2 is 2.00 bits per heavy atom. The lowest BCUT2D eigenvalue weighted by atomic mass is 10.2. The molecule has 3 rings (SSSR count). The zero-order chi connectivity index (χ0) is 17.5. The molecule has 0 saturated carbocycles. The van der Waals surface area contributed by atoms with Crippen LogP contribution in [-0.4, -0.2) is 69.9 Å². The van der Waals surface area contributed by atoms with Crippen molar-refractivity contribution in [3.05, 3.63) is 24.3 Å². The minimum absolute atomic E-state index is 0.245. The molecule has 6 heteroatoms. The Hall–Kier alpha value is -1.79. The summed E-state index contributed by atoms with van der Waals surface area (Å²) in [4.78, 5) is 16.6. The minimum atomic E-state index is 0.245. The molecule has 6 nitrogen and oxygen atoms in total. The molecule has 2 aliphatic rings. The third-order valence-corrected chi connectivity index (χ3v) is 4.98. The van der Waals surface area contributed by atoms with Gasteiger partial charge in [-0.25, -0.2) is 0 Å². The molecule has 0 aliphatic carbocycles. The minimum Gasteiger partial charge on any atom is -0.497 e. The highest BCUT2D eigenvalue weighted by Crippen LogP contribution is 2.20. The summed E-state index contributed by atoms with van der Waals surface area (Å²) in [6.45, 7) is 5.80. The van der Waals surface area contributed by atoms with Crippen molar-refractivity contribution in [2.75, 3.05) is 57.9 Å². The molecule has 1 unspecified atom stereocenters. The Morgan fingerprint density at radius 1 is 1.24 bits per heavy atom. The van der Waals surface area contributed by atoms with Crippen molar-refractivity contribution < 1.29 is 14.3 Å². The summed E-state index contributed by atoms with van der Waals surface area (Å²) in [6.07, 6.45) is 3.19. The van der Waals surface area contributed by atoms with Crippen LogP contribution in [0, 0.1) is 0 Å². The number of nitrogens with one attached hydrogen (secondary N) is 1. The van der Waals surface area contributed by atoms with Crippen molar-refractivity contribution in [1.82, 2.24) is 10.2 Å². The number of anilines is 1. The highest BCUT2D eigenvalue weighted by molar-refractivity contribution is 5.76. The van der Waals surface area contributed by atoms with Gasteiger partial charge in [0, 0.05) is 58.0 Å². The molecule has 1 N–H and O–H groups in total. The molecule has 1 atom stereocenters. The number of ether oxygens (including phenoxy) is 2. The van der Waals surface area contributed by atoms with Gasteiger partial charge < -0.3 is 24.6 Å². The maximum atomic E-state index is 12.3. The van der Waals surface area contributed by atoms with Gasteiger partial charge in [0.05, 0.1) is 13.2 Å². The topological polar surface area (TPSA) is 54.0 Å². The average Bonchev–Trinajstić information content (AvgIpc) is 3.19. The summed E-state index contributed by atoms with van der Waals surface area (Å²) in [5.74, 6) is 1.11. The van der Waals surface area contributed by atoms with E-state index >= 15 is 0 Å². The second-order valence-electron chi connectivity index (χ2n) is 6.66. The van der Waals surface area contributed by atoms with E-state index in [0.29, 0.717) is 12.5 Å². The first-order chi connectivity index (χ1) is 12.3. The lowest BCUT2D eigenvalue weighted by Gasteiger charge is -2.36. The average molecular weight is 347 g/mol. The monoisotopic (exact) mass is 347 g/mol. The van der Waals surface area contributed by atoms with Crippen LogP contribution in [0.15, 0.2) is 24.3 Å². The predicted molar refractivity (Wildman–Crippen MR) is 98.2 cm³/mol. The van der Waals surface area contributed by atoms with Crippen LogP contribution in [0.4, 0.5) is 5.69 Å². The molecule has 2 aliphatic heterocycles. The van der Waals surface area contributed by atoms with Gasteiger partial charge in [-0.1, -0.05) is 0 Å². The first-order valence-corrected chi connectivity index (χ1v) is 9.25. The Bertz CT molecular complexity index is 535. The van der Waals surface area contributed by atoms with E-state index in [1.165, 1.54) is 5.69 Å². The SMILES string of the molecule is COc1ccc(N2CCN(C(=O)CCNCC3CCCO3)CC2)cc1. The Kier molecular flexibility index (Phi) is 6.53. The number of rotatable bonds is 7. The number of piperazine rings is 1. The predicted octanol–water partition coefficient (Wildman–Crippen LogP) is 1.50. The van der Waals surface area contributed by atoms with Gasteiger partial charge in [-0.3, -0.25) is 4.79 Å².